The van der Waals surface area contributed by atoms with Gasteiger partial charge in [0.25, 0.3) is 0 Å². The molecule has 1 saturated carbocycles. The number of benzene rings is 1. The van der Waals surface area contributed by atoms with Crippen LogP contribution < -0.4 is 4.74 Å². The number of para-hydroxylation sites is 1. The predicted molar refractivity (Wildman–Crippen MR) is 72.7 cm³/mol. The maximum Gasteiger partial charge on any atom is 0.139 e. The van der Waals surface area contributed by atoms with E-state index in [0.29, 0.717) is 24.7 Å². The van der Waals surface area contributed by atoms with Gasteiger partial charge >= 0.3 is 0 Å². The second kappa shape index (κ2) is 6.58. The number of carbonyl (C=O) groups is 1. The van der Waals surface area contributed by atoms with Gasteiger partial charge < -0.3 is 4.74 Å². The number of Topliss-reactive ketones (excluding diaryl/α,β-unsaturated/α-hetero) is 1. The molecule has 1 fully saturated rings. The first kappa shape index (κ1) is 13.1. The quantitative estimate of drug-likeness (QED) is 0.788. The Balaban J connectivity index is 1.69. The minimum absolute atomic E-state index is 0.292. The first-order valence-corrected chi connectivity index (χ1v) is 6.96. The lowest BCUT2D eigenvalue weighted by molar-refractivity contribution is -0.124. The van der Waals surface area contributed by atoms with Crippen LogP contribution >= 0.6 is 0 Å². The molecule has 0 spiro atoms. The van der Waals surface area contributed by atoms with E-state index in [9.17, 15) is 4.79 Å². The zero-order valence-corrected chi connectivity index (χ0v) is 11.1. The average Bonchev–Trinajstić information content (AvgIpc) is 2.40. The predicted octanol–water partition coefficient (Wildman–Crippen LogP) is 3.85. The average molecular weight is 246 g/mol. The molecule has 0 aromatic heterocycles. The van der Waals surface area contributed by atoms with Crippen molar-refractivity contribution >= 4 is 5.78 Å². The normalized spacial score (nSPS) is 23.6. The Bertz CT molecular complexity index is 364. The summed E-state index contributed by atoms with van der Waals surface area (Å²) in [5.41, 5.74) is 0. The van der Waals surface area contributed by atoms with E-state index in [1.807, 2.05) is 30.3 Å². The highest BCUT2D eigenvalue weighted by atomic mass is 16.5. The van der Waals surface area contributed by atoms with Crippen LogP contribution in [0.3, 0.4) is 0 Å². The maximum absolute atomic E-state index is 12.0. The minimum Gasteiger partial charge on any atom is -0.493 e. The highest BCUT2D eigenvalue weighted by Crippen LogP contribution is 2.29. The van der Waals surface area contributed by atoms with Crippen molar-refractivity contribution in [1.82, 2.24) is 0 Å². The van der Waals surface area contributed by atoms with Gasteiger partial charge in [-0.15, -0.1) is 0 Å². The van der Waals surface area contributed by atoms with Gasteiger partial charge in [-0.2, -0.15) is 0 Å². The molecule has 0 heterocycles. The van der Waals surface area contributed by atoms with Gasteiger partial charge in [-0.25, -0.2) is 0 Å². The monoisotopic (exact) mass is 246 g/mol. The summed E-state index contributed by atoms with van der Waals surface area (Å²) in [4.78, 5) is 12.0. The molecule has 2 rings (SSSR count). The van der Waals surface area contributed by atoms with E-state index in [0.717, 1.165) is 24.5 Å². The zero-order valence-electron chi connectivity index (χ0n) is 11.1. The van der Waals surface area contributed by atoms with E-state index >= 15 is 0 Å². The molecule has 0 atom stereocenters. The van der Waals surface area contributed by atoms with Gasteiger partial charge in [0, 0.05) is 12.3 Å². The molecule has 0 amide bonds. The molecule has 2 heteroatoms. The van der Waals surface area contributed by atoms with E-state index in [-0.39, 0.29) is 0 Å². The van der Waals surface area contributed by atoms with Crippen molar-refractivity contribution in [2.45, 2.75) is 39.0 Å². The highest BCUT2D eigenvalue weighted by Gasteiger charge is 2.23. The summed E-state index contributed by atoms with van der Waals surface area (Å²) in [6, 6.07) is 9.69. The first-order chi connectivity index (χ1) is 8.75. The molecule has 2 nitrogen and oxygen atoms in total. The third kappa shape index (κ3) is 3.86. The molecule has 0 radical (unpaired) electrons. The Labute approximate surface area is 109 Å². The van der Waals surface area contributed by atoms with Crippen LogP contribution in [0.2, 0.25) is 0 Å². The highest BCUT2D eigenvalue weighted by molar-refractivity contribution is 5.81. The Morgan fingerprint density at radius 1 is 1.17 bits per heavy atom. The Morgan fingerprint density at radius 3 is 2.50 bits per heavy atom. The van der Waals surface area contributed by atoms with Crippen molar-refractivity contribution in [1.29, 1.82) is 0 Å². The Kier molecular flexibility index (Phi) is 4.80. The van der Waals surface area contributed by atoms with Crippen molar-refractivity contribution in [3.8, 4) is 5.75 Å². The molecule has 1 aliphatic rings. The van der Waals surface area contributed by atoms with Crippen molar-refractivity contribution in [3.05, 3.63) is 30.3 Å². The maximum atomic E-state index is 12.0. The SMILES string of the molecule is CC1CCC(C(=O)CCOc2ccccc2)CC1. The van der Waals surface area contributed by atoms with Crippen molar-refractivity contribution in [2.75, 3.05) is 6.61 Å². The summed E-state index contributed by atoms with van der Waals surface area (Å²) in [5, 5.41) is 0. The lowest BCUT2D eigenvalue weighted by Crippen LogP contribution is -2.22. The fourth-order valence-corrected chi connectivity index (χ4v) is 2.57. The van der Waals surface area contributed by atoms with Gasteiger partial charge in [0.05, 0.1) is 6.61 Å². The summed E-state index contributed by atoms with van der Waals surface area (Å²) in [5.74, 6) is 2.33. The first-order valence-electron chi connectivity index (χ1n) is 6.96. The Hall–Kier alpha value is -1.31. The smallest absolute Gasteiger partial charge is 0.139 e. The van der Waals surface area contributed by atoms with Crippen molar-refractivity contribution < 1.29 is 9.53 Å². The molecule has 98 valence electrons. The Morgan fingerprint density at radius 2 is 1.83 bits per heavy atom. The van der Waals surface area contributed by atoms with Crippen LogP contribution in [0.5, 0.6) is 5.75 Å². The summed E-state index contributed by atoms with van der Waals surface area (Å²) in [6.45, 7) is 2.79. The van der Waals surface area contributed by atoms with Gasteiger partial charge in [0.1, 0.15) is 11.5 Å². The van der Waals surface area contributed by atoms with Gasteiger partial charge in [0.2, 0.25) is 0 Å². The van der Waals surface area contributed by atoms with Crippen LogP contribution in [0, 0.1) is 11.8 Å². The van der Waals surface area contributed by atoms with Crippen LogP contribution in [0.15, 0.2) is 30.3 Å². The molecule has 0 aliphatic heterocycles. The summed E-state index contributed by atoms with van der Waals surface area (Å²) in [6.07, 6.45) is 5.11. The molecule has 1 aromatic carbocycles. The molecule has 1 aromatic rings. The van der Waals surface area contributed by atoms with E-state index in [4.69, 9.17) is 4.74 Å². The third-order valence-corrected chi connectivity index (χ3v) is 3.83. The summed E-state index contributed by atoms with van der Waals surface area (Å²) in [7, 11) is 0. The second-order valence-corrected chi connectivity index (χ2v) is 5.33. The third-order valence-electron chi connectivity index (χ3n) is 3.83. The van der Waals surface area contributed by atoms with Crippen LogP contribution in [0.4, 0.5) is 0 Å². The van der Waals surface area contributed by atoms with Crippen LogP contribution in [-0.2, 0) is 4.79 Å². The summed E-state index contributed by atoms with van der Waals surface area (Å²) < 4.78 is 5.57. The molecular formula is C16H22O2. The van der Waals surface area contributed by atoms with Crippen LogP contribution in [0.25, 0.3) is 0 Å². The topological polar surface area (TPSA) is 26.3 Å². The number of ketones is 1. The van der Waals surface area contributed by atoms with Gasteiger partial charge in [-0.05, 0) is 30.9 Å². The fraction of sp³-hybridized carbons (Fsp3) is 0.562. The molecular weight excluding hydrogens is 224 g/mol. The molecule has 0 bridgehead atoms. The van der Waals surface area contributed by atoms with Crippen molar-refractivity contribution in [3.63, 3.8) is 0 Å². The van der Waals surface area contributed by atoms with Crippen molar-refractivity contribution in [2.24, 2.45) is 11.8 Å². The lowest BCUT2D eigenvalue weighted by Gasteiger charge is -2.25. The number of hydrogen-bond donors (Lipinski definition) is 0. The van der Waals surface area contributed by atoms with Crippen LogP contribution in [-0.4, -0.2) is 12.4 Å². The molecule has 18 heavy (non-hydrogen) atoms. The van der Waals surface area contributed by atoms with Gasteiger partial charge in [-0.3, -0.25) is 4.79 Å². The molecule has 0 unspecified atom stereocenters. The van der Waals surface area contributed by atoms with Crippen LogP contribution in [0.1, 0.15) is 39.0 Å². The number of rotatable bonds is 5. The van der Waals surface area contributed by atoms with E-state index in [2.05, 4.69) is 6.92 Å². The van der Waals surface area contributed by atoms with E-state index < -0.39 is 0 Å². The molecule has 1 aliphatic carbocycles. The van der Waals surface area contributed by atoms with E-state index in [1.54, 1.807) is 0 Å². The fourth-order valence-electron chi connectivity index (χ4n) is 2.57. The lowest BCUT2D eigenvalue weighted by atomic mass is 9.80. The summed E-state index contributed by atoms with van der Waals surface area (Å²) >= 11 is 0. The number of ether oxygens (including phenoxy) is 1. The molecule has 0 saturated heterocycles. The number of carbonyl (C=O) groups excluding carboxylic acids is 1. The van der Waals surface area contributed by atoms with Gasteiger partial charge in [-0.1, -0.05) is 38.0 Å². The minimum atomic E-state index is 0.292. The molecule has 0 N–H and O–H groups in total. The second-order valence-electron chi connectivity index (χ2n) is 5.33. The number of hydrogen-bond acceptors (Lipinski definition) is 2. The largest absolute Gasteiger partial charge is 0.493 e. The standard InChI is InChI=1S/C16H22O2/c1-13-7-9-14(10-8-13)16(17)11-12-18-15-5-3-2-4-6-15/h2-6,13-14H,7-12H2,1H3. The van der Waals surface area contributed by atoms with E-state index in [1.165, 1.54) is 12.8 Å². The zero-order chi connectivity index (χ0) is 12.8. The van der Waals surface area contributed by atoms with Gasteiger partial charge in [0.15, 0.2) is 0 Å².